The smallest absolute Gasteiger partial charge is 0.342 e. The van der Waals surface area contributed by atoms with Crippen LogP contribution in [0.3, 0.4) is 0 Å². The summed E-state index contributed by atoms with van der Waals surface area (Å²) < 4.78 is 35.9. The molecule has 0 aliphatic carbocycles. The molecule has 0 saturated heterocycles. The predicted octanol–water partition coefficient (Wildman–Crippen LogP) is 2.55. The quantitative estimate of drug-likeness (QED) is 0.926. The van der Waals surface area contributed by atoms with E-state index in [0.29, 0.717) is 5.82 Å². The van der Waals surface area contributed by atoms with Crippen LogP contribution in [-0.2, 0) is 0 Å². The van der Waals surface area contributed by atoms with Crippen LogP contribution >= 0.6 is 11.6 Å². The molecule has 0 spiro atoms. The number of carbonyl (C=O) groups excluding carboxylic acids is 1. The van der Waals surface area contributed by atoms with Crippen LogP contribution in [0.4, 0.5) is 13.2 Å². The first-order chi connectivity index (χ1) is 8.20. The number of aromatic nitrogens is 2. The van der Waals surface area contributed by atoms with Gasteiger partial charge >= 0.3 is 6.18 Å². The summed E-state index contributed by atoms with van der Waals surface area (Å²) in [6.45, 7) is 2.16. The molecule has 0 atom stereocenters. The average molecular weight is 282 g/mol. The van der Waals surface area contributed by atoms with Gasteiger partial charge in [-0.05, 0) is 0 Å². The predicted molar refractivity (Wildman–Crippen MR) is 59.5 cm³/mol. The van der Waals surface area contributed by atoms with Crippen LogP contribution in [0.25, 0.3) is 0 Å². The van der Waals surface area contributed by atoms with E-state index in [4.69, 9.17) is 11.6 Å². The Morgan fingerprint density at radius 1 is 1.50 bits per heavy atom. The van der Waals surface area contributed by atoms with Gasteiger partial charge in [-0.3, -0.25) is 4.79 Å². The number of rotatable bonds is 3. The molecule has 0 saturated carbocycles. The maximum atomic E-state index is 12.0. The molecule has 4 nitrogen and oxygen atoms in total. The Labute approximate surface area is 107 Å². The minimum atomic E-state index is -4.48. The van der Waals surface area contributed by atoms with Gasteiger partial charge in [-0.2, -0.15) is 13.2 Å². The van der Waals surface area contributed by atoms with Gasteiger partial charge in [-0.15, -0.1) is 0 Å². The maximum absolute atomic E-state index is 12.0. The topological polar surface area (TPSA) is 54.9 Å². The summed E-state index contributed by atoms with van der Waals surface area (Å²) in [5.41, 5.74) is -0.250. The fourth-order valence-corrected chi connectivity index (χ4v) is 1.26. The second-order valence-electron chi connectivity index (χ2n) is 3.88. The zero-order valence-corrected chi connectivity index (χ0v) is 10.4. The van der Waals surface area contributed by atoms with Gasteiger partial charge in [0.25, 0.3) is 5.91 Å². The number of nitrogens with one attached hydrogen (secondary N) is 1. The molecule has 1 N–H and O–H groups in total. The highest BCUT2D eigenvalue weighted by molar-refractivity contribution is 6.33. The van der Waals surface area contributed by atoms with Gasteiger partial charge in [0.15, 0.2) is 0 Å². The third-order valence-electron chi connectivity index (χ3n) is 1.94. The third-order valence-corrected chi connectivity index (χ3v) is 2.22. The Balaban J connectivity index is 2.88. The van der Waals surface area contributed by atoms with Crippen molar-refractivity contribution in [2.45, 2.75) is 25.9 Å². The normalized spacial score (nSPS) is 11.7. The second-order valence-corrected chi connectivity index (χ2v) is 4.28. The highest BCUT2D eigenvalue weighted by Gasteiger charge is 2.28. The molecule has 1 heterocycles. The van der Waals surface area contributed by atoms with E-state index in [0.717, 1.165) is 0 Å². The molecular weight excluding hydrogens is 271 g/mol. The minimum absolute atomic E-state index is 0.0589. The van der Waals surface area contributed by atoms with Crippen LogP contribution in [-0.4, -0.2) is 28.6 Å². The second kappa shape index (κ2) is 5.51. The SMILES string of the molecule is CC(C)c1ncc(Cl)c(C(=O)NCC(F)(F)F)n1. The molecule has 8 heteroatoms. The Hall–Kier alpha value is -1.37. The van der Waals surface area contributed by atoms with Crippen LogP contribution in [0.1, 0.15) is 36.1 Å². The summed E-state index contributed by atoms with van der Waals surface area (Å²) in [6.07, 6.45) is -3.28. The summed E-state index contributed by atoms with van der Waals surface area (Å²) in [7, 11) is 0. The standard InChI is InChI=1S/C10H11ClF3N3O/c1-5(2)8-15-3-6(11)7(17-8)9(18)16-4-10(12,13)14/h3,5H,4H2,1-2H3,(H,16,18). The van der Waals surface area contributed by atoms with Crippen molar-refractivity contribution < 1.29 is 18.0 Å². The number of alkyl halides is 3. The van der Waals surface area contributed by atoms with Crippen molar-refractivity contribution in [3.05, 3.63) is 22.7 Å². The first-order valence-corrected chi connectivity index (χ1v) is 5.46. The van der Waals surface area contributed by atoms with Crippen LogP contribution < -0.4 is 5.32 Å². The molecular formula is C10H11ClF3N3O. The maximum Gasteiger partial charge on any atom is 0.405 e. The third kappa shape index (κ3) is 4.14. The van der Waals surface area contributed by atoms with E-state index in [1.807, 2.05) is 0 Å². The molecule has 0 aromatic carbocycles. The van der Waals surface area contributed by atoms with E-state index >= 15 is 0 Å². The molecule has 0 fully saturated rings. The zero-order chi connectivity index (χ0) is 13.9. The summed E-state index contributed by atoms with van der Waals surface area (Å²) in [5, 5.41) is 1.62. The van der Waals surface area contributed by atoms with Crippen LogP contribution in [0, 0.1) is 0 Å². The van der Waals surface area contributed by atoms with E-state index in [2.05, 4.69) is 9.97 Å². The minimum Gasteiger partial charge on any atom is -0.342 e. The molecule has 18 heavy (non-hydrogen) atoms. The summed E-state index contributed by atoms with van der Waals surface area (Å²) >= 11 is 5.68. The molecule has 0 unspecified atom stereocenters. The van der Waals surface area contributed by atoms with Crippen molar-refractivity contribution in [2.24, 2.45) is 0 Å². The van der Waals surface area contributed by atoms with Crippen molar-refractivity contribution in [1.82, 2.24) is 15.3 Å². The highest BCUT2D eigenvalue weighted by atomic mass is 35.5. The van der Waals surface area contributed by atoms with Crippen molar-refractivity contribution >= 4 is 17.5 Å². The first-order valence-electron chi connectivity index (χ1n) is 5.08. The van der Waals surface area contributed by atoms with E-state index < -0.39 is 18.6 Å². The number of amides is 1. The Bertz CT molecular complexity index is 448. The molecule has 1 aromatic rings. The number of carbonyl (C=O) groups is 1. The molecule has 0 radical (unpaired) electrons. The number of hydrogen-bond donors (Lipinski definition) is 1. The van der Waals surface area contributed by atoms with Gasteiger partial charge in [0.1, 0.15) is 18.1 Å². The Kier molecular flexibility index (Phi) is 4.50. The number of halogens is 4. The lowest BCUT2D eigenvalue weighted by molar-refractivity contribution is -0.123. The van der Waals surface area contributed by atoms with Crippen molar-refractivity contribution in [2.75, 3.05) is 6.54 Å². The number of nitrogens with zero attached hydrogens (tertiary/aromatic N) is 2. The molecule has 0 aliphatic rings. The van der Waals surface area contributed by atoms with Gasteiger partial charge < -0.3 is 5.32 Å². The molecule has 0 bridgehead atoms. The van der Waals surface area contributed by atoms with Gasteiger partial charge in [0.2, 0.25) is 0 Å². The molecule has 0 aliphatic heterocycles. The highest BCUT2D eigenvalue weighted by Crippen LogP contribution is 2.17. The van der Waals surface area contributed by atoms with Crippen molar-refractivity contribution in [3.8, 4) is 0 Å². The van der Waals surface area contributed by atoms with Crippen molar-refractivity contribution in [3.63, 3.8) is 0 Å². The monoisotopic (exact) mass is 281 g/mol. The molecule has 1 aromatic heterocycles. The van der Waals surface area contributed by atoms with E-state index in [-0.39, 0.29) is 16.6 Å². The van der Waals surface area contributed by atoms with E-state index in [1.165, 1.54) is 6.20 Å². The number of hydrogen-bond acceptors (Lipinski definition) is 3. The van der Waals surface area contributed by atoms with Crippen LogP contribution in [0.5, 0.6) is 0 Å². The fraction of sp³-hybridized carbons (Fsp3) is 0.500. The van der Waals surface area contributed by atoms with Crippen LogP contribution in [0.15, 0.2) is 6.20 Å². The summed E-state index contributed by atoms with van der Waals surface area (Å²) in [5.74, 6) is -0.686. The van der Waals surface area contributed by atoms with Gasteiger partial charge in [-0.25, -0.2) is 9.97 Å². The Morgan fingerprint density at radius 2 is 2.11 bits per heavy atom. The molecule has 1 amide bonds. The van der Waals surface area contributed by atoms with Crippen molar-refractivity contribution in [1.29, 1.82) is 0 Å². The zero-order valence-electron chi connectivity index (χ0n) is 9.68. The summed E-state index contributed by atoms with van der Waals surface area (Å²) in [4.78, 5) is 19.2. The van der Waals surface area contributed by atoms with E-state index in [9.17, 15) is 18.0 Å². The lowest BCUT2D eigenvalue weighted by Crippen LogP contribution is -2.34. The van der Waals surface area contributed by atoms with Gasteiger partial charge in [-0.1, -0.05) is 25.4 Å². The average Bonchev–Trinajstić information content (AvgIpc) is 2.25. The van der Waals surface area contributed by atoms with E-state index in [1.54, 1.807) is 19.2 Å². The lowest BCUT2D eigenvalue weighted by atomic mass is 10.2. The molecule has 1 rings (SSSR count). The van der Waals surface area contributed by atoms with Crippen LogP contribution in [0.2, 0.25) is 5.02 Å². The lowest BCUT2D eigenvalue weighted by Gasteiger charge is -2.10. The van der Waals surface area contributed by atoms with Gasteiger partial charge in [0, 0.05) is 5.92 Å². The summed E-state index contributed by atoms with van der Waals surface area (Å²) in [6, 6.07) is 0. The van der Waals surface area contributed by atoms with Gasteiger partial charge in [0.05, 0.1) is 11.2 Å². The molecule has 100 valence electrons. The Morgan fingerprint density at radius 3 is 2.61 bits per heavy atom. The fourth-order valence-electron chi connectivity index (χ4n) is 1.08. The first kappa shape index (κ1) is 14.7. The largest absolute Gasteiger partial charge is 0.405 e.